The Kier molecular flexibility index (Phi) is 5.16. The maximum absolute atomic E-state index is 12.8. The van der Waals surface area contributed by atoms with Crippen LogP contribution in [0, 0.1) is 13.8 Å². The van der Waals surface area contributed by atoms with E-state index in [0.717, 1.165) is 29.2 Å². The summed E-state index contributed by atoms with van der Waals surface area (Å²) in [7, 11) is 0. The predicted octanol–water partition coefficient (Wildman–Crippen LogP) is 2.97. The molecule has 1 fully saturated rings. The number of aromatic nitrogens is 1. The topological polar surface area (TPSA) is 65.5 Å². The van der Waals surface area contributed by atoms with Gasteiger partial charge in [-0.15, -0.1) is 11.3 Å². The number of hydrogen-bond acceptors (Lipinski definition) is 5. The van der Waals surface area contributed by atoms with Crippen molar-refractivity contribution in [2.75, 3.05) is 18.4 Å². The summed E-state index contributed by atoms with van der Waals surface area (Å²) in [6.45, 7) is 5.80. The lowest BCUT2D eigenvalue weighted by molar-refractivity contribution is 0.0474. The number of β-amino-alcohol motifs (C(OH)–C–C–N with tert-alkyl or cyclic N) is 1. The Labute approximate surface area is 146 Å². The third-order valence-corrected chi connectivity index (χ3v) is 5.42. The maximum atomic E-state index is 12.8. The number of nitrogens with one attached hydrogen (secondary N) is 1. The molecule has 1 unspecified atom stereocenters. The highest BCUT2D eigenvalue weighted by Crippen LogP contribution is 2.22. The van der Waals surface area contributed by atoms with Crippen molar-refractivity contribution in [3.8, 4) is 0 Å². The Morgan fingerprint density at radius 2 is 2.21 bits per heavy atom. The highest BCUT2D eigenvalue weighted by atomic mass is 32.1. The van der Waals surface area contributed by atoms with E-state index in [0.29, 0.717) is 25.2 Å². The molecule has 2 N–H and O–H groups in total. The summed E-state index contributed by atoms with van der Waals surface area (Å²) in [6, 6.07) is 7.55. The van der Waals surface area contributed by atoms with Crippen LogP contribution in [0.2, 0.25) is 0 Å². The first-order chi connectivity index (χ1) is 11.5. The number of rotatable bonds is 4. The molecule has 0 saturated carbocycles. The zero-order chi connectivity index (χ0) is 17.1. The highest BCUT2D eigenvalue weighted by molar-refractivity contribution is 7.11. The van der Waals surface area contributed by atoms with Gasteiger partial charge in [0.2, 0.25) is 0 Å². The van der Waals surface area contributed by atoms with E-state index >= 15 is 0 Å². The van der Waals surface area contributed by atoms with Crippen LogP contribution in [-0.4, -0.2) is 40.1 Å². The molecule has 1 saturated heterocycles. The fraction of sp³-hybridized carbons (Fsp3) is 0.444. The van der Waals surface area contributed by atoms with Crippen molar-refractivity contribution >= 4 is 22.9 Å². The molecule has 2 heterocycles. The number of nitrogens with zero attached hydrogens (tertiary/aromatic N) is 2. The van der Waals surface area contributed by atoms with Crippen LogP contribution >= 0.6 is 11.3 Å². The lowest BCUT2D eigenvalue weighted by atomic mass is 10.1. The summed E-state index contributed by atoms with van der Waals surface area (Å²) in [5.41, 5.74) is 2.52. The molecule has 0 bridgehead atoms. The number of anilines is 1. The third-order valence-electron chi connectivity index (χ3n) is 4.34. The molecule has 1 amide bonds. The fourth-order valence-corrected chi connectivity index (χ4v) is 3.79. The van der Waals surface area contributed by atoms with Gasteiger partial charge < -0.3 is 15.3 Å². The average Bonchev–Trinajstić information content (AvgIpc) is 2.91. The first-order valence-corrected chi connectivity index (χ1v) is 9.09. The first kappa shape index (κ1) is 16.9. The molecule has 0 aliphatic carbocycles. The molecule has 1 atom stereocenters. The van der Waals surface area contributed by atoms with Gasteiger partial charge in [0.15, 0.2) is 0 Å². The maximum Gasteiger partial charge on any atom is 0.256 e. The number of hydrogen-bond donors (Lipinski definition) is 2. The molecule has 3 rings (SSSR count). The minimum absolute atomic E-state index is 0.0247. The Balaban J connectivity index is 1.73. The molecule has 0 spiro atoms. The minimum atomic E-state index is -0.413. The largest absolute Gasteiger partial charge is 0.391 e. The number of benzene rings is 1. The quantitative estimate of drug-likeness (QED) is 0.894. The average molecular weight is 345 g/mol. The Hall–Kier alpha value is -1.92. The first-order valence-electron chi connectivity index (χ1n) is 8.27. The molecule has 1 aromatic carbocycles. The fourth-order valence-electron chi connectivity index (χ4n) is 2.92. The lowest BCUT2D eigenvalue weighted by Gasteiger charge is -2.30. The van der Waals surface area contributed by atoms with Crippen molar-refractivity contribution < 1.29 is 9.90 Å². The molecule has 1 aliphatic heterocycles. The zero-order valence-electron chi connectivity index (χ0n) is 14.1. The summed E-state index contributed by atoms with van der Waals surface area (Å²) >= 11 is 1.67. The minimum Gasteiger partial charge on any atom is -0.391 e. The van der Waals surface area contributed by atoms with Gasteiger partial charge in [0, 0.05) is 23.7 Å². The number of piperidine rings is 1. The predicted molar refractivity (Wildman–Crippen MR) is 96.5 cm³/mol. The molecule has 0 radical (unpaired) electrons. The van der Waals surface area contributed by atoms with Crippen LogP contribution in [-0.2, 0) is 6.54 Å². The van der Waals surface area contributed by atoms with Crippen molar-refractivity contribution in [1.29, 1.82) is 0 Å². The number of para-hydroxylation sites is 1. The number of carbonyl (C=O) groups is 1. The molecule has 24 heavy (non-hydrogen) atoms. The van der Waals surface area contributed by atoms with Gasteiger partial charge in [-0.25, -0.2) is 4.98 Å². The molecule has 1 aliphatic rings. The van der Waals surface area contributed by atoms with E-state index in [9.17, 15) is 9.90 Å². The normalized spacial score (nSPS) is 17.8. The summed E-state index contributed by atoms with van der Waals surface area (Å²) in [6.07, 6.45) is 1.20. The summed E-state index contributed by atoms with van der Waals surface area (Å²) in [5, 5.41) is 14.2. The van der Waals surface area contributed by atoms with Crippen molar-refractivity contribution in [3.05, 3.63) is 45.4 Å². The number of carbonyl (C=O) groups excluding carboxylic acids is 1. The van der Waals surface area contributed by atoms with Gasteiger partial charge in [0.05, 0.1) is 23.9 Å². The molecule has 6 heteroatoms. The van der Waals surface area contributed by atoms with E-state index in [-0.39, 0.29) is 5.91 Å². The monoisotopic (exact) mass is 345 g/mol. The highest BCUT2D eigenvalue weighted by Gasteiger charge is 2.24. The van der Waals surface area contributed by atoms with Gasteiger partial charge in [0.25, 0.3) is 5.91 Å². The summed E-state index contributed by atoms with van der Waals surface area (Å²) in [5.74, 6) is -0.0247. The van der Waals surface area contributed by atoms with Crippen molar-refractivity contribution in [2.24, 2.45) is 0 Å². The van der Waals surface area contributed by atoms with Crippen LogP contribution in [0.3, 0.4) is 0 Å². The number of aryl methyl sites for hydroxylation is 2. The third kappa shape index (κ3) is 3.76. The molecular formula is C18H23N3O2S. The van der Waals surface area contributed by atoms with Crippen LogP contribution in [0.1, 0.15) is 38.8 Å². The molecule has 5 nitrogen and oxygen atoms in total. The van der Waals surface area contributed by atoms with Crippen LogP contribution in [0.15, 0.2) is 24.3 Å². The standard InChI is InChI=1S/C18H23N3O2S/c1-12-13(2)24-17(20-12)10-19-16-8-4-3-7-15(16)18(23)21-9-5-6-14(22)11-21/h3-4,7-8,14,19,22H,5-6,9-11H2,1-2H3. The SMILES string of the molecule is Cc1nc(CNc2ccccc2C(=O)N2CCCC(O)C2)sc1C. The lowest BCUT2D eigenvalue weighted by Crippen LogP contribution is -2.42. The molecular weight excluding hydrogens is 322 g/mol. The number of amides is 1. The Morgan fingerprint density at radius 1 is 1.42 bits per heavy atom. The van der Waals surface area contributed by atoms with Crippen LogP contribution in [0.25, 0.3) is 0 Å². The second-order valence-corrected chi connectivity index (χ2v) is 7.48. The molecule has 1 aromatic heterocycles. The van der Waals surface area contributed by atoms with E-state index in [1.54, 1.807) is 16.2 Å². The number of likely N-dealkylation sites (tertiary alicyclic amines) is 1. The van der Waals surface area contributed by atoms with Gasteiger partial charge in [0.1, 0.15) is 5.01 Å². The second kappa shape index (κ2) is 7.32. The van der Waals surface area contributed by atoms with Crippen LogP contribution < -0.4 is 5.32 Å². The van der Waals surface area contributed by atoms with Gasteiger partial charge >= 0.3 is 0 Å². The Bertz CT molecular complexity index is 709. The van der Waals surface area contributed by atoms with Gasteiger partial charge in [-0.05, 0) is 38.8 Å². The van der Waals surface area contributed by atoms with E-state index in [4.69, 9.17) is 0 Å². The van der Waals surface area contributed by atoms with E-state index in [2.05, 4.69) is 17.2 Å². The molecule has 128 valence electrons. The van der Waals surface area contributed by atoms with Gasteiger partial charge in [-0.2, -0.15) is 0 Å². The van der Waals surface area contributed by atoms with Crippen molar-refractivity contribution in [1.82, 2.24) is 9.88 Å². The van der Waals surface area contributed by atoms with Gasteiger partial charge in [-0.1, -0.05) is 12.1 Å². The number of aliphatic hydroxyl groups is 1. The van der Waals surface area contributed by atoms with E-state index in [1.807, 2.05) is 31.2 Å². The summed E-state index contributed by atoms with van der Waals surface area (Å²) < 4.78 is 0. The zero-order valence-corrected chi connectivity index (χ0v) is 14.9. The summed E-state index contributed by atoms with van der Waals surface area (Å²) in [4.78, 5) is 20.3. The molecule has 2 aromatic rings. The number of aliphatic hydroxyl groups excluding tert-OH is 1. The Morgan fingerprint density at radius 3 is 2.92 bits per heavy atom. The van der Waals surface area contributed by atoms with Crippen molar-refractivity contribution in [2.45, 2.75) is 39.3 Å². The van der Waals surface area contributed by atoms with E-state index < -0.39 is 6.10 Å². The second-order valence-electron chi connectivity index (χ2n) is 6.20. The van der Waals surface area contributed by atoms with E-state index in [1.165, 1.54) is 4.88 Å². The van der Waals surface area contributed by atoms with Crippen LogP contribution in [0.4, 0.5) is 5.69 Å². The number of thiazole rings is 1. The van der Waals surface area contributed by atoms with Crippen molar-refractivity contribution in [3.63, 3.8) is 0 Å². The van der Waals surface area contributed by atoms with Gasteiger partial charge in [-0.3, -0.25) is 4.79 Å². The smallest absolute Gasteiger partial charge is 0.256 e. The van der Waals surface area contributed by atoms with Crippen LogP contribution in [0.5, 0.6) is 0 Å².